The van der Waals surface area contributed by atoms with Gasteiger partial charge in [-0.3, -0.25) is 0 Å². The van der Waals surface area contributed by atoms with E-state index in [2.05, 4.69) is 34.0 Å². The Hall–Kier alpha value is -1.32. The summed E-state index contributed by atoms with van der Waals surface area (Å²) in [5.74, 6) is 2.69. The highest BCUT2D eigenvalue weighted by atomic mass is 15.2. The number of nitrogens with one attached hydrogen (secondary N) is 1. The van der Waals surface area contributed by atoms with Gasteiger partial charge in [0, 0.05) is 25.8 Å². The molecule has 0 unspecified atom stereocenters. The Morgan fingerprint density at radius 3 is 2.84 bits per heavy atom. The van der Waals surface area contributed by atoms with E-state index in [-0.39, 0.29) is 0 Å². The Balaban J connectivity index is 1.87. The standard InChI is InChI=1S/C15H26N4/c1-3-4-5-9-16-15-17-10-6-14(18-15)19-11-7-13(2)8-12-19/h6,10,13H,3-5,7-9,11-12H2,1-2H3,(H,16,17,18). The third-order valence-corrected chi connectivity index (χ3v) is 3.81. The number of unbranched alkanes of at least 4 members (excludes halogenated alkanes) is 2. The van der Waals surface area contributed by atoms with Crippen molar-refractivity contribution < 1.29 is 0 Å². The van der Waals surface area contributed by atoms with Crippen LogP contribution in [0.25, 0.3) is 0 Å². The summed E-state index contributed by atoms with van der Waals surface area (Å²) in [5.41, 5.74) is 0. The fraction of sp³-hybridized carbons (Fsp3) is 0.733. The van der Waals surface area contributed by atoms with Crippen molar-refractivity contribution in [2.24, 2.45) is 5.92 Å². The molecule has 0 atom stereocenters. The van der Waals surface area contributed by atoms with Crippen molar-refractivity contribution in [3.63, 3.8) is 0 Å². The lowest BCUT2D eigenvalue weighted by Crippen LogP contribution is -2.33. The molecular formula is C15H26N4. The number of hydrogen-bond acceptors (Lipinski definition) is 4. The molecule has 1 aliphatic heterocycles. The minimum absolute atomic E-state index is 0.771. The van der Waals surface area contributed by atoms with E-state index in [1.165, 1.54) is 32.1 Å². The first kappa shape index (κ1) is 14.1. The molecule has 0 aromatic carbocycles. The van der Waals surface area contributed by atoms with Gasteiger partial charge < -0.3 is 10.2 Å². The predicted octanol–water partition coefficient (Wildman–Crippen LogP) is 3.32. The maximum absolute atomic E-state index is 4.62. The molecule has 19 heavy (non-hydrogen) atoms. The van der Waals surface area contributed by atoms with E-state index < -0.39 is 0 Å². The molecule has 0 aliphatic carbocycles. The van der Waals surface area contributed by atoms with Gasteiger partial charge in [-0.25, -0.2) is 4.98 Å². The van der Waals surface area contributed by atoms with Crippen molar-refractivity contribution in [2.45, 2.75) is 46.0 Å². The van der Waals surface area contributed by atoms with Gasteiger partial charge in [-0.05, 0) is 31.2 Å². The summed E-state index contributed by atoms with van der Waals surface area (Å²) in [5, 5.41) is 3.32. The second kappa shape index (κ2) is 7.31. The van der Waals surface area contributed by atoms with E-state index in [0.29, 0.717) is 0 Å². The Kier molecular flexibility index (Phi) is 5.43. The number of nitrogens with zero attached hydrogens (tertiary/aromatic N) is 3. The van der Waals surface area contributed by atoms with Crippen LogP contribution in [0, 0.1) is 5.92 Å². The maximum atomic E-state index is 4.62. The van der Waals surface area contributed by atoms with Crippen molar-refractivity contribution in [1.29, 1.82) is 0 Å². The monoisotopic (exact) mass is 262 g/mol. The van der Waals surface area contributed by atoms with Crippen LogP contribution in [0.2, 0.25) is 0 Å². The van der Waals surface area contributed by atoms with Crippen LogP contribution in [-0.2, 0) is 0 Å². The van der Waals surface area contributed by atoms with Crippen molar-refractivity contribution in [3.8, 4) is 0 Å². The van der Waals surface area contributed by atoms with Crippen LogP contribution in [0.15, 0.2) is 12.3 Å². The van der Waals surface area contributed by atoms with Gasteiger partial charge in [0.2, 0.25) is 5.95 Å². The summed E-state index contributed by atoms with van der Waals surface area (Å²) in [6, 6.07) is 2.02. The zero-order valence-electron chi connectivity index (χ0n) is 12.2. The van der Waals surface area contributed by atoms with Crippen LogP contribution in [0.4, 0.5) is 11.8 Å². The summed E-state index contributed by atoms with van der Waals surface area (Å²) in [6.07, 6.45) is 8.09. The zero-order valence-corrected chi connectivity index (χ0v) is 12.2. The molecule has 1 aromatic heterocycles. The van der Waals surface area contributed by atoms with E-state index in [1.54, 1.807) is 0 Å². The van der Waals surface area contributed by atoms with Crippen LogP contribution < -0.4 is 10.2 Å². The molecule has 1 saturated heterocycles. The summed E-state index contributed by atoms with van der Waals surface area (Å²) in [6.45, 7) is 7.75. The van der Waals surface area contributed by atoms with Crippen LogP contribution in [0.1, 0.15) is 46.0 Å². The molecule has 2 rings (SSSR count). The van der Waals surface area contributed by atoms with E-state index in [4.69, 9.17) is 0 Å². The highest BCUT2D eigenvalue weighted by Gasteiger charge is 2.17. The summed E-state index contributed by atoms with van der Waals surface area (Å²) in [4.78, 5) is 11.3. The van der Waals surface area contributed by atoms with Crippen molar-refractivity contribution in [2.75, 3.05) is 29.9 Å². The lowest BCUT2D eigenvalue weighted by molar-refractivity contribution is 0.436. The molecule has 106 valence electrons. The molecule has 0 bridgehead atoms. The molecule has 0 radical (unpaired) electrons. The van der Waals surface area contributed by atoms with Gasteiger partial charge in [0.05, 0.1) is 0 Å². The van der Waals surface area contributed by atoms with E-state index in [9.17, 15) is 0 Å². The summed E-state index contributed by atoms with van der Waals surface area (Å²) in [7, 11) is 0. The van der Waals surface area contributed by atoms with Gasteiger partial charge in [0.15, 0.2) is 0 Å². The largest absolute Gasteiger partial charge is 0.356 e. The molecule has 0 spiro atoms. The van der Waals surface area contributed by atoms with Gasteiger partial charge in [0.1, 0.15) is 5.82 Å². The van der Waals surface area contributed by atoms with Gasteiger partial charge in [0.25, 0.3) is 0 Å². The first-order valence-corrected chi connectivity index (χ1v) is 7.61. The Bertz CT molecular complexity index is 372. The first-order valence-electron chi connectivity index (χ1n) is 7.61. The third kappa shape index (κ3) is 4.37. The van der Waals surface area contributed by atoms with E-state index in [1.807, 2.05) is 12.3 Å². The molecule has 2 heterocycles. The quantitative estimate of drug-likeness (QED) is 0.799. The molecule has 0 amide bonds. The number of rotatable bonds is 6. The highest BCUT2D eigenvalue weighted by Crippen LogP contribution is 2.21. The number of hydrogen-bond donors (Lipinski definition) is 1. The van der Waals surface area contributed by atoms with Gasteiger partial charge >= 0.3 is 0 Å². The van der Waals surface area contributed by atoms with Gasteiger partial charge in [-0.1, -0.05) is 26.7 Å². The second-order valence-electron chi connectivity index (χ2n) is 5.54. The molecular weight excluding hydrogens is 236 g/mol. The molecule has 4 nitrogen and oxygen atoms in total. The average Bonchev–Trinajstić information content (AvgIpc) is 2.45. The zero-order chi connectivity index (χ0) is 13.5. The lowest BCUT2D eigenvalue weighted by Gasteiger charge is -2.31. The van der Waals surface area contributed by atoms with Gasteiger partial charge in [-0.2, -0.15) is 4.98 Å². The van der Waals surface area contributed by atoms with Crippen LogP contribution >= 0.6 is 0 Å². The topological polar surface area (TPSA) is 41.1 Å². The highest BCUT2D eigenvalue weighted by molar-refractivity contribution is 5.42. The van der Waals surface area contributed by atoms with Crippen molar-refractivity contribution >= 4 is 11.8 Å². The smallest absolute Gasteiger partial charge is 0.224 e. The molecule has 4 heteroatoms. The van der Waals surface area contributed by atoms with Crippen molar-refractivity contribution in [3.05, 3.63) is 12.3 Å². The van der Waals surface area contributed by atoms with Crippen LogP contribution in [-0.4, -0.2) is 29.6 Å². The molecule has 1 aromatic rings. The Morgan fingerprint density at radius 2 is 2.11 bits per heavy atom. The maximum Gasteiger partial charge on any atom is 0.224 e. The van der Waals surface area contributed by atoms with Crippen LogP contribution in [0.5, 0.6) is 0 Å². The third-order valence-electron chi connectivity index (χ3n) is 3.81. The van der Waals surface area contributed by atoms with Gasteiger partial charge in [-0.15, -0.1) is 0 Å². The fourth-order valence-electron chi connectivity index (χ4n) is 2.42. The molecule has 1 aliphatic rings. The number of anilines is 2. The molecule has 0 saturated carbocycles. The summed E-state index contributed by atoms with van der Waals surface area (Å²) >= 11 is 0. The Morgan fingerprint density at radius 1 is 1.32 bits per heavy atom. The van der Waals surface area contributed by atoms with Crippen molar-refractivity contribution in [1.82, 2.24) is 9.97 Å². The first-order chi connectivity index (χ1) is 9.29. The average molecular weight is 262 g/mol. The molecule has 1 N–H and O–H groups in total. The van der Waals surface area contributed by atoms with Crippen LogP contribution in [0.3, 0.4) is 0 Å². The summed E-state index contributed by atoms with van der Waals surface area (Å²) < 4.78 is 0. The predicted molar refractivity (Wildman–Crippen MR) is 80.7 cm³/mol. The molecule has 1 fully saturated rings. The number of aromatic nitrogens is 2. The normalized spacial score (nSPS) is 16.6. The SMILES string of the molecule is CCCCCNc1nccc(N2CCC(C)CC2)n1. The van der Waals surface area contributed by atoms with E-state index >= 15 is 0 Å². The second-order valence-corrected chi connectivity index (χ2v) is 5.54. The number of piperidine rings is 1. The fourth-order valence-corrected chi connectivity index (χ4v) is 2.42. The minimum atomic E-state index is 0.771. The minimum Gasteiger partial charge on any atom is -0.356 e. The van der Waals surface area contributed by atoms with E-state index in [0.717, 1.165) is 37.3 Å². The Labute approximate surface area is 116 Å². The lowest BCUT2D eigenvalue weighted by atomic mass is 9.99.